The van der Waals surface area contributed by atoms with Gasteiger partial charge in [0.25, 0.3) is 0 Å². The highest BCUT2D eigenvalue weighted by molar-refractivity contribution is 5.12. The zero-order valence-corrected chi connectivity index (χ0v) is 6.92. The van der Waals surface area contributed by atoms with Gasteiger partial charge in [0.1, 0.15) is 0 Å². The van der Waals surface area contributed by atoms with Crippen LogP contribution in [0.2, 0.25) is 0 Å². The maximum atomic E-state index is 9.26. The minimum Gasteiger partial charge on any atom is -0.396 e. The lowest BCUT2D eigenvalue weighted by molar-refractivity contribution is 0.110. The molecule has 0 aromatic rings. The Morgan fingerprint density at radius 1 is 1.27 bits per heavy atom. The third-order valence-electron chi connectivity index (χ3n) is 4.62. The Labute approximate surface area is 67.8 Å². The van der Waals surface area contributed by atoms with Crippen LogP contribution < -0.4 is 0 Å². The van der Waals surface area contributed by atoms with Crippen LogP contribution >= 0.6 is 0 Å². The third kappa shape index (κ3) is 0.618. The molecule has 2 bridgehead atoms. The van der Waals surface area contributed by atoms with Gasteiger partial charge in [0, 0.05) is 6.61 Å². The molecule has 3 saturated carbocycles. The first kappa shape index (κ1) is 6.47. The number of rotatable bonds is 1. The van der Waals surface area contributed by atoms with Crippen molar-refractivity contribution in [2.75, 3.05) is 6.61 Å². The van der Waals surface area contributed by atoms with E-state index >= 15 is 0 Å². The zero-order valence-electron chi connectivity index (χ0n) is 6.92. The predicted octanol–water partition coefficient (Wildman–Crippen LogP) is 1.80. The molecule has 3 aliphatic carbocycles. The topological polar surface area (TPSA) is 20.2 Å². The van der Waals surface area contributed by atoms with Gasteiger partial charge in [-0.2, -0.15) is 0 Å². The van der Waals surface area contributed by atoms with Crippen molar-refractivity contribution in [3.8, 4) is 0 Å². The van der Waals surface area contributed by atoms with E-state index in [1.54, 1.807) is 0 Å². The largest absolute Gasteiger partial charge is 0.396 e. The van der Waals surface area contributed by atoms with E-state index in [0.29, 0.717) is 17.9 Å². The van der Waals surface area contributed by atoms with E-state index in [1.807, 2.05) is 0 Å². The summed E-state index contributed by atoms with van der Waals surface area (Å²) in [6.07, 6.45) is 7.20. The summed E-state index contributed by atoms with van der Waals surface area (Å²) in [6, 6.07) is 0. The van der Waals surface area contributed by atoms with E-state index < -0.39 is 0 Å². The first-order chi connectivity index (χ1) is 5.37. The van der Waals surface area contributed by atoms with E-state index in [2.05, 4.69) is 0 Å². The molecule has 3 atom stereocenters. The summed E-state index contributed by atoms with van der Waals surface area (Å²) in [5.41, 5.74) is 0.678. The predicted molar refractivity (Wildman–Crippen MR) is 43.1 cm³/mol. The van der Waals surface area contributed by atoms with Crippen LogP contribution in [-0.4, -0.2) is 11.7 Å². The molecule has 0 saturated heterocycles. The van der Waals surface area contributed by atoms with Gasteiger partial charge in [-0.1, -0.05) is 0 Å². The Morgan fingerprint density at radius 3 is 2.64 bits per heavy atom. The lowest BCUT2D eigenvalue weighted by atomic mass is 9.77. The number of aliphatic hydroxyl groups excluding tert-OH is 1. The third-order valence-corrected chi connectivity index (χ3v) is 4.62. The molecule has 0 heterocycles. The first-order valence-electron chi connectivity index (χ1n) is 4.98. The van der Waals surface area contributed by atoms with Crippen LogP contribution in [-0.2, 0) is 0 Å². The Hall–Kier alpha value is -0.0400. The molecule has 0 amide bonds. The highest BCUT2D eigenvalue weighted by Crippen LogP contribution is 2.71. The fourth-order valence-electron chi connectivity index (χ4n) is 3.93. The van der Waals surface area contributed by atoms with Crippen LogP contribution in [0.25, 0.3) is 0 Å². The summed E-state index contributed by atoms with van der Waals surface area (Å²) in [5.74, 6) is 2.64. The molecule has 62 valence electrons. The molecule has 3 rings (SSSR count). The summed E-state index contributed by atoms with van der Waals surface area (Å²) in [6.45, 7) is 0.473. The second-order valence-corrected chi connectivity index (χ2v) is 4.79. The van der Waals surface area contributed by atoms with Gasteiger partial charge >= 0.3 is 0 Å². The second-order valence-electron chi connectivity index (χ2n) is 4.79. The van der Waals surface area contributed by atoms with E-state index in [-0.39, 0.29) is 0 Å². The van der Waals surface area contributed by atoms with Gasteiger partial charge in [0.2, 0.25) is 0 Å². The Bertz CT molecular complexity index is 183. The maximum absolute atomic E-state index is 9.26. The molecular weight excluding hydrogens is 136 g/mol. The SMILES string of the molecule is OCC1C2CCC(C2)C12CC2. The van der Waals surface area contributed by atoms with Crippen molar-refractivity contribution in [3.05, 3.63) is 0 Å². The summed E-state index contributed by atoms with van der Waals surface area (Å²) in [5, 5.41) is 9.26. The number of hydrogen-bond donors (Lipinski definition) is 1. The molecule has 0 aliphatic heterocycles. The summed E-state index contributed by atoms with van der Waals surface area (Å²) < 4.78 is 0. The fraction of sp³-hybridized carbons (Fsp3) is 1.00. The maximum Gasteiger partial charge on any atom is 0.0467 e. The monoisotopic (exact) mass is 152 g/mol. The minimum absolute atomic E-state index is 0.473. The van der Waals surface area contributed by atoms with Crippen LogP contribution in [0.3, 0.4) is 0 Å². The lowest BCUT2D eigenvalue weighted by Gasteiger charge is -2.29. The van der Waals surface area contributed by atoms with Gasteiger partial charge in [-0.25, -0.2) is 0 Å². The van der Waals surface area contributed by atoms with Crippen molar-refractivity contribution >= 4 is 0 Å². The van der Waals surface area contributed by atoms with Crippen LogP contribution in [0.4, 0.5) is 0 Å². The number of aliphatic hydroxyl groups is 1. The van der Waals surface area contributed by atoms with Gasteiger partial charge in [0.05, 0.1) is 0 Å². The van der Waals surface area contributed by atoms with Gasteiger partial charge < -0.3 is 5.11 Å². The molecule has 0 radical (unpaired) electrons. The molecule has 1 nitrogen and oxygen atoms in total. The summed E-state index contributed by atoms with van der Waals surface area (Å²) in [4.78, 5) is 0. The van der Waals surface area contributed by atoms with E-state index in [9.17, 15) is 5.11 Å². The van der Waals surface area contributed by atoms with E-state index in [1.165, 1.54) is 32.1 Å². The van der Waals surface area contributed by atoms with E-state index in [4.69, 9.17) is 0 Å². The Balaban J connectivity index is 1.93. The number of hydrogen-bond acceptors (Lipinski definition) is 1. The summed E-state index contributed by atoms with van der Waals surface area (Å²) >= 11 is 0. The highest BCUT2D eigenvalue weighted by Gasteiger charge is 2.63. The van der Waals surface area contributed by atoms with Crippen molar-refractivity contribution in [3.63, 3.8) is 0 Å². The molecule has 3 aliphatic rings. The zero-order chi connectivity index (χ0) is 7.47. The highest BCUT2D eigenvalue weighted by atomic mass is 16.3. The van der Waals surface area contributed by atoms with Crippen molar-refractivity contribution in [1.82, 2.24) is 0 Å². The van der Waals surface area contributed by atoms with Crippen molar-refractivity contribution in [2.24, 2.45) is 23.2 Å². The van der Waals surface area contributed by atoms with Crippen LogP contribution in [0, 0.1) is 23.2 Å². The smallest absolute Gasteiger partial charge is 0.0467 e. The summed E-state index contributed by atoms with van der Waals surface area (Å²) in [7, 11) is 0. The van der Waals surface area contributed by atoms with E-state index in [0.717, 1.165) is 11.8 Å². The molecule has 11 heavy (non-hydrogen) atoms. The quantitative estimate of drug-likeness (QED) is 0.607. The molecular formula is C10H16O. The Morgan fingerprint density at radius 2 is 2.09 bits per heavy atom. The van der Waals surface area contributed by atoms with Crippen molar-refractivity contribution in [2.45, 2.75) is 32.1 Å². The van der Waals surface area contributed by atoms with Gasteiger partial charge in [-0.3, -0.25) is 0 Å². The fourth-order valence-corrected chi connectivity index (χ4v) is 3.93. The molecule has 3 unspecified atom stereocenters. The molecule has 0 aromatic heterocycles. The van der Waals surface area contributed by atoms with Gasteiger partial charge in [-0.05, 0) is 55.3 Å². The molecule has 3 fully saturated rings. The van der Waals surface area contributed by atoms with Gasteiger partial charge in [-0.15, -0.1) is 0 Å². The van der Waals surface area contributed by atoms with Crippen LogP contribution in [0.1, 0.15) is 32.1 Å². The molecule has 1 heteroatoms. The normalized spacial score (nSPS) is 50.5. The van der Waals surface area contributed by atoms with Gasteiger partial charge in [0.15, 0.2) is 0 Å². The molecule has 1 spiro atoms. The van der Waals surface area contributed by atoms with Crippen LogP contribution in [0.5, 0.6) is 0 Å². The van der Waals surface area contributed by atoms with Crippen molar-refractivity contribution in [1.29, 1.82) is 0 Å². The first-order valence-corrected chi connectivity index (χ1v) is 4.98. The number of fused-ring (bicyclic) bond motifs is 3. The van der Waals surface area contributed by atoms with Crippen LogP contribution in [0.15, 0.2) is 0 Å². The molecule has 0 aromatic carbocycles. The standard InChI is InChI=1S/C10H16O/c11-6-9-7-1-2-8(5-7)10(9)3-4-10/h7-9,11H,1-6H2. The molecule has 1 N–H and O–H groups in total. The average Bonchev–Trinajstić information content (AvgIpc) is 2.58. The minimum atomic E-state index is 0.473. The lowest BCUT2D eigenvalue weighted by Crippen LogP contribution is -2.26. The van der Waals surface area contributed by atoms with Crippen molar-refractivity contribution < 1.29 is 5.11 Å². The average molecular weight is 152 g/mol. The second kappa shape index (κ2) is 1.82. The Kier molecular flexibility index (Phi) is 1.07.